The van der Waals surface area contributed by atoms with E-state index >= 15 is 0 Å². The van der Waals surface area contributed by atoms with Gasteiger partial charge in [0.1, 0.15) is 0 Å². The van der Waals surface area contributed by atoms with Gasteiger partial charge in [0.2, 0.25) is 0 Å². The maximum atomic E-state index is 12.4. The number of rotatable bonds is 4. The second-order valence-electron chi connectivity index (χ2n) is 4.65. The number of aryl methyl sites for hydroxylation is 1. The van der Waals surface area contributed by atoms with Crippen molar-refractivity contribution in [1.82, 2.24) is 0 Å². The zero-order chi connectivity index (χ0) is 15.6. The highest BCUT2D eigenvalue weighted by Crippen LogP contribution is 2.27. The predicted molar refractivity (Wildman–Crippen MR) is 83.2 cm³/mol. The van der Waals surface area contributed by atoms with E-state index in [2.05, 4.69) is 15.9 Å². The van der Waals surface area contributed by atoms with Crippen molar-refractivity contribution < 1.29 is 18.3 Å². The first-order valence-electron chi connectivity index (χ1n) is 6.11. The van der Waals surface area contributed by atoms with Gasteiger partial charge >= 0.3 is 5.97 Å². The molecule has 0 amide bonds. The fraction of sp³-hybridized carbons (Fsp3) is 0.133. The number of hydrogen-bond donors (Lipinski definition) is 1. The summed E-state index contributed by atoms with van der Waals surface area (Å²) in [7, 11) is -3.60. The van der Waals surface area contributed by atoms with E-state index < -0.39 is 15.8 Å². The summed E-state index contributed by atoms with van der Waals surface area (Å²) in [5.74, 6) is -1.50. The van der Waals surface area contributed by atoms with Gasteiger partial charge in [0.25, 0.3) is 0 Å². The first kappa shape index (κ1) is 15.7. The maximum absolute atomic E-state index is 12.4. The summed E-state index contributed by atoms with van der Waals surface area (Å²) in [4.78, 5) is 11.5. The monoisotopic (exact) mass is 368 g/mol. The quantitative estimate of drug-likeness (QED) is 0.896. The SMILES string of the molecule is Cc1cc(Br)c(CS(=O)(=O)c2ccccc2)c(C(=O)O)c1. The van der Waals surface area contributed by atoms with E-state index in [0.29, 0.717) is 4.47 Å². The van der Waals surface area contributed by atoms with Crippen LogP contribution in [0, 0.1) is 6.92 Å². The number of benzene rings is 2. The Morgan fingerprint density at radius 3 is 2.38 bits per heavy atom. The molecule has 21 heavy (non-hydrogen) atoms. The third-order valence-corrected chi connectivity index (χ3v) is 5.37. The summed E-state index contributed by atoms with van der Waals surface area (Å²) in [6.07, 6.45) is 0. The van der Waals surface area contributed by atoms with Gasteiger partial charge in [-0.15, -0.1) is 0 Å². The van der Waals surface area contributed by atoms with Crippen LogP contribution in [0.4, 0.5) is 0 Å². The van der Waals surface area contributed by atoms with Crippen LogP contribution in [0.1, 0.15) is 21.5 Å². The van der Waals surface area contributed by atoms with Gasteiger partial charge in [-0.1, -0.05) is 34.1 Å². The number of hydrogen-bond acceptors (Lipinski definition) is 3. The molecule has 0 aliphatic rings. The number of carbonyl (C=O) groups is 1. The molecule has 0 aliphatic carbocycles. The lowest BCUT2D eigenvalue weighted by atomic mass is 10.1. The van der Waals surface area contributed by atoms with Gasteiger partial charge in [0.05, 0.1) is 16.2 Å². The van der Waals surface area contributed by atoms with Crippen LogP contribution in [0.3, 0.4) is 0 Å². The summed E-state index contributed by atoms with van der Waals surface area (Å²) >= 11 is 3.26. The molecule has 2 aromatic carbocycles. The highest BCUT2D eigenvalue weighted by Gasteiger charge is 2.22. The fourth-order valence-electron chi connectivity index (χ4n) is 2.01. The minimum Gasteiger partial charge on any atom is -0.478 e. The van der Waals surface area contributed by atoms with Crippen LogP contribution in [-0.2, 0) is 15.6 Å². The Labute approximate surface area is 131 Å². The highest BCUT2D eigenvalue weighted by atomic mass is 79.9. The lowest BCUT2D eigenvalue weighted by Crippen LogP contribution is -2.11. The second-order valence-corrected chi connectivity index (χ2v) is 7.49. The number of aromatic carboxylic acids is 1. The Balaban J connectivity index is 2.52. The standard InChI is InChI=1S/C15H13BrO4S/c1-10-7-12(15(17)18)13(14(16)8-10)9-21(19,20)11-5-3-2-4-6-11/h2-8H,9H2,1H3,(H,17,18). The van der Waals surface area contributed by atoms with Gasteiger partial charge in [0, 0.05) is 4.47 Å². The zero-order valence-electron chi connectivity index (χ0n) is 11.2. The highest BCUT2D eigenvalue weighted by molar-refractivity contribution is 9.10. The molecule has 2 aromatic rings. The number of sulfone groups is 1. The van der Waals surface area contributed by atoms with Gasteiger partial charge in [-0.3, -0.25) is 0 Å². The normalized spacial score (nSPS) is 11.3. The molecule has 0 atom stereocenters. The molecular formula is C15H13BrO4S. The van der Waals surface area contributed by atoms with Crippen molar-refractivity contribution in [3.8, 4) is 0 Å². The fourth-order valence-corrected chi connectivity index (χ4v) is 4.34. The summed E-state index contributed by atoms with van der Waals surface area (Å²) in [6.45, 7) is 1.76. The van der Waals surface area contributed by atoms with Crippen molar-refractivity contribution in [3.05, 3.63) is 63.6 Å². The van der Waals surface area contributed by atoms with Crippen LogP contribution >= 0.6 is 15.9 Å². The zero-order valence-corrected chi connectivity index (χ0v) is 13.6. The Morgan fingerprint density at radius 2 is 1.81 bits per heavy atom. The molecule has 0 saturated heterocycles. The van der Waals surface area contributed by atoms with Crippen LogP contribution in [0.25, 0.3) is 0 Å². The van der Waals surface area contributed by atoms with E-state index in [0.717, 1.165) is 5.56 Å². The summed E-state index contributed by atoms with van der Waals surface area (Å²) in [5, 5.41) is 9.27. The molecule has 0 bridgehead atoms. The second kappa shape index (κ2) is 5.99. The van der Waals surface area contributed by atoms with Crippen molar-refractivity contribution in [2.24, 2.45) is 0 Å². The third kappa shape index (κ3) is 3.51. The van der Waals surface area contributed by atoms with Crippen molar-refractivity contribution in [1.29, 1.82) is 0 Å². The van der Waals surface area contributed by atoms with E-state index in [1.54, 1.807) is 31.2 Å². The molecule has 1 N–H and O–H groups in total. The molecule has 0 spiro atoms. The summed E-state index contributed by atoms with van der Waals surface area (Å²) < 4.78 is 25.3. The molecule has 0 unspecified atom stereocenters. The van der Waals surface area contributed by atoms with Crippen molar-refractivity contribution >= 4 is 31.7 Å². The average Bonchev–Trinajstić information content (AvgIpc) is 2.42. The first-order chi connectivity index (χ1) is 9.81. The van der Waals surface area contributed by atoms with E-state index in [9.17, 15) is 18.3 Å². The molecule has 0 aliphatic heterocycles. The first-order valence-corrected chi connectivity index (χ1v) is 8.56. The topological polar surface area (TPSA) is 71.4 Å². The molecule has 110 valence electrons. The Kier molecular flexibility index (Phi) is 4.49. The molecule has 0 saturated carbocycles. The minimum absolute atomic E-state index is 0.00128. The van der Waals surface area contributed by atoms with Crippen LogP contribution in [0.2, 0.25) is 0 Å². The number of halogens is 1. The molecule has 0 heterocycles. The minimum atomic E-state index is -3.60. The van der Waals surface area contributed by atoms with Crippen LogP contribution in [-0.4, -0.2) is 19.5 Å². The number of carboxylic acid groups (broad SMARTS) is 1. The Morgan fingerprint density at radius 1 is 1.19 bits per heavy atom. The summed E-state index contributed by atoms with van der Waals surface area (Å²) in [5.41, 5.74) is 1.01. The third-order valence-electron chi connectivity index (χ3n) is 3.01. The van der Waals surface area contributed by atoms with Crippen LogP contribution in [0.15, 0.2) is 51.8 Å². The molecule has 0 aromatic heterocycles. The predicted octanol–water partition coefficient (Wildman–Crippen LogP) is 3.43. The van der Waals surface area contributed by atoms with E-state index in [-0.39, 0.29) is 21.8 Å². The lowest BCUT2D eigenvalue weighted by molar-refractivity contribution is 0.0696. The smallest absolute Gasteiger partial charge is 0.336 e. The van der Waals surface area contributed by atoms with Crippen LogP contribution < -0.4 is 0 Å². The Bertz CT molecular complexity index is 783. The van der Waals surface area contributed by atoms with Gasteiger partial charge in [-0.25, -0.2) is 13.2 Å². The average molecular weight is 369 g/mol. The largest absolute Gasteiger partial charge is 0.478 e. The van der Waals surface area contributed by atoms with E-state index in [4.69, 9.17) is 0 Å². The van der Waals surface area contributed by atoms with Crippen LogP contribution in [0.5, 0.6) is 0 Å². The van der Waals surface area contributed by atoms with Gasteiger partial charge < -0.3 is 5.11 Å². The lowest BCUT2D eigenvalue weighted by Gasteiger charge is -2.11. The molecule has 0 fully saturated rings. The number of carboxylic acids is 1. The molecule has 0 radical (unpaired) electrons. The van der Waals surface area contributed by atoms with Gasteiger partial charge in [-0.2, -0.15) is 0 Å². The summed E-state index contributed by atoms with van der Waals surface area (Å²) in [6, 6.07) is 11.2. The van der Waals surface area contributed by atoms with Crippen molar-refractivity contribution in [2.75, 3.05) is 0 Å². The van der Waals surface area contributed by atoms with E-state index in [1.807, 2.05) is 0 Å². The van der Waals surface area contributed by atoms with Crippen molar-refractivity contribution in [3.63, 3.8) is 0 Å². The molecule has 6 heteroatoms. The molecular weight excluding hydrogens is 356 g/mol. The van der Waals surface area contributed by atoms with Gasteiger partial charge in [0.15, 0.2) is 9.84 Å². The van der Waals surface area contributed by atoms with Gasteiger partial charge in [-0.05, 0) is 42.3 Å². The maximum Gasteiger partial charge on any atom is 0.336 e. The molecule has 4 nitrogen and oxygen atoms in total. The van der Waals surface area contributed by atoms with E-state index in [1.165, 1.54) is 18.2 Å². The Hall–Kier alpha value is -1.66. The van der Waals surface area contributed by atoms with Crippen molar-refractivity contribution in [2.45, 2.75) is 17.6 Å². The molecule has 2 rings (SSSR count).